The highest BCUT2D eigenvalue weighted by Crippen LogP contribution is 2.21. The van der Waals surface area contributed by atoms with E-state index >= 15 is 0 Å². The van der Waals surface area contributed by atoms with Crippen molar-refractivity contribution in [1.29, 1.82) is 0 Å². The number of carbonyl (C=O) groups is 2. The minimum atomic E-state index is -0.412. The summed E-state index contributed by atoms with van der Waals surface area (Å²) in [4.78, 5) is 37.3. The molecule has 1 fully saturated rings. The second-order valence-electron chi connectivity index (χ2n) is 6.41. The Morgan fingerprint density at radius 3 is 2.57 bits per heavy atom. The summed E-state index contributed by atoms with van der Waals surface area (Å²) < 4.78 is 5.09. The van der Waals surface area contributed by atoms with Crippen LogP contribution in [0.1, 0.15) is 34.7 Å². The van der Waals surface area contributed by atoms with E-state index in [2.05, 4.69) is 27.1 Å². The Labute approximate surface area is 164 Å². The van der Waals surface area contributed by atoms with Crippen LogP contribution in [0.2, 0.25) is 0 Å². The molecule has 1 N–H and O–H groups in total. The van der Waals surface area contributed by atoms with E-state index in [4.69, 9.17) is 4.74 Å². The monoisotopic (exact) mass is 383 g/mol. The number of carbonyl (C=O) groups excluding carboxylic acids is 2. The van der Waals surface area contributed by atoms with Crippen LogP contribution in [0.3, 0.4) is 0 Å². The summed E-state index contributed by atoms with van der Waals surface area (Å²) in [6.45, 7) is 8.27. The Kier molecular flexibility index (Phi) is 6.54. The maximum absolute atomic E-state index is 12.8. The number of nitrogens with zero attached hydrogens (tertiary/aromatic N) is 4. The number of hydrogen-bond donors (Lipinski definition) is 1. The molecule has 1 saturated heterocycles. The summed E-state index contributed by atoms with van der Waals surface area (Å²) >= 11 is 0. The number of anilines is 2. The van der Waals surface area contributed by atoms with Crippen molar-refractivity contribution in [2.45, 2.75) is 13.8 Å². The molecule has 0 saturated carbocycles. The molecule has 0 atom stereocenters. The number of benzene rings is 1. The number of hydrogen-bond acceptors (Lipinski definition) is 7. The lowest BCUT2D eigenvalue weighted by Crippen LogP contribution is -2.48. The Balaban J connectivity index is 1.74. The summed E-state index contributed by atoms with van der Waals surface area (Å²) in [5.41, 5.74) is 1.30. The van der Waals surface area contributed by atoms with Gasteiger partial charge in [-0.15, -0.1) is 0 Å². The van der Waals surface area contributed by atoms with Gasteiger partial charge < -0.3 is 19.9 Å². The second kappa shape index (κ2) is 9.27. The van der Waals surface area contributed by atoms with Crippen molar-refractivity contribution < 1.29 is 14.3 Å². The van der Waals surface area contributed by atoms with Crippen LogP contribution < -0.4 is 5.32 Å². The van der Waals surface area contributed by atoms with Gasteiger partial charge in [0.2, 0.25) is 0 Å². The molecule has 1 amide bonds. The Morgan fingerprint density at radius 1 is 1.11 bits per heavy atom. The molecule has 0 spiro atoms. The fraction of sp³-hybridized carbons (Fsp3) is 0.400. The minimum Gasteiger partial charge on any atom is -0.462 e. The highest BCUT2D eigenvalue weighted by atomic mass is 16.5. The van der Waals surface area contributed by atoms with Crippen LogP contribution in [0.4, 0.5) is 11.5 Å². The SMILES string of the molecule is CCOC(=O)c1ccccc1Nc1cc(C(=O)N2CCN(CC)CC2)ncn1. The number of likely N-dealkylation sites (N-methyl/N-ethyl adjacent to an activating group) is 1. The predicted molar refractivity (Wildman–Crippen MR) is 106 cm³/mol. The van der Waals surface area contributed by atoms with Crippen LogP contribution in [-0.2, 0) is 4.74 Å². The second-order valence-corrected chi connectivity index (χ2v) is 6.41. The maximum Gasteiger partial charge on any atom is 0.340 e. The van der Waals surface area contributed by atoms with Gasteiger partial charge in [0, 0.05) is 32.2 Å². The van der Waals surface area contributed by atoms with E-state index in [9.17, 15) is 9.59 Å². The van der Waals surface area contributed by atoms with Crippen molar-refractivity contribution in [2.24, 2.45) is 0 Å². The summed E-state index contributed by atoms with van der Waals surface area (Å²) in [6.07, 6.45) is 1.35. The third kappa shape index (κ3) is 4.64. The molecule has 2 aromatic rings. The molecule has 1 aromatic carbocycles. The third-order valence-electron chi connectivity index (χ3n) is 4.68. The van der Waals surface area contributed by atoms with Crippen LogP contribution in [0.25, 0.3) is 0 Å². The smallest absolute Gasteiger partial charge is 0.340 e. The van der Waals surface area contributed by atoms with Crippen molar-refractivity contribution >= 4 is 23.4 Å². The molecule has 8 nitrogen and oxygen atoms in total. The Morgan fingerprint density at radius 2 is 1.86 bits per heavy atom. The largest absolute Gasteiger partial charge is 0.462 e. The number of para-hydroxylation sites is 1. The van der Waals surface area contributed by atoms with Gasteiger partial charge in [0.05, 0.1) is 17.9 Å². The van der Waals surface area contributed by atoms with Gasteiger partial charge in [-0.3, -0.25) is 4.79 Å². The molecule has 3 rings (SSSR count). The molecule has 8 heteroatoms. The average Bonchev–Trinajstić information content (AvgIpc) is 2.74. The van der Waals surface area contributed by atoms with Crippen molar-refractivity contribution in [1.82, 2.24) is 19.8 Å². The molecular weight excluding hydrogens is 358 g/mol. The molecule has 1 aliphatic heterocycles. The lowest BCUT2D eigenvalue weighted by molar-refractivity contribution is 0.0527. The van der Waals surface area contributed by atoms with Gasteiger partial charge in [-0.25, -0.2) is 14.8 Å². The van der Waals surface area contributed by atoms with E-state index in [1.807, 2.05) is 11.0 Å². The van der Waals surface area contributed by atoms with Crippen LogP contribution in [0, 0.1) is 0 Å². The molecule has 0 unspecified atom stereocenters. The fourth-order valence-electron chi connectivity index (χ4n) is 3.09. The van der Waals surface area contributed by atoms with Gasteiger partial charge in [-0.2, -0.15) is 0 Å². The highest BCUT2D eigenvalue weighted by molar-refractivity contribution is 5.97. The number of esters is 1. The number of ether oxygens (including phenoxy) is 1. The normalized spacial score (nSPS) is 14.6. The van der Waals surface area contributed by atoms with Crippen LogP contribution in [-0.4, -0.2) is 71.0 Å². The topological polar surface area (TPSA) is 87.7 Å². The fourth-order valence-corrected chi connectivity index (χ4v) is 3.09. The highest BCUT2D eigenvalue weighted by Gasteiger charge is 2.22. The summed E-state index contributed by atoms with van der Waals surface area (Å²) in [7, 11) is 0. The van der Waals surface area contributed by atoms with E-state index in [1.165, 1.54) is 6.33 Å². The number of rotatable bonds is 6. The first-order valence-corrected chi connectivity index (χ1v) is 9.49. The van der Waals surface area contributed by atoms with Gasteiger partial charge in [-0.05, 0) is 25.6 Å². The lowest BCUT2D eigenvalue weighted by atomic mass is 10.2. The zero-order chi connectivity index (χ0) is 19.9. The molecule has 1 aliphatic rings. The standard InChI is InChI=1S/C20H25N5O3/c1-3-24-9-11-25(12-10-24)19(26)17-13-18(22-14-21-17)23-16-8-6-5-7-15(16)20(27)28-4-2/h5-8,13-14H,3-4,9-12H2,1-2H3,(H,21,22,23). The molecule has 2 heterocycles. The van der Waals surface area contributed by atoms with E-state index in [1.54, 1.807) is 31.2 Å². The average molecular weight is 383 g/mol. The summed E-state index contributed by atoms with van der Waals surface area (Å²) in [5.74, 6) is -0.0769. The van der Waals surface area contributed by atoms with Crippen molar-refractivity contribution in [3.8, 4) is 0 Å². The Bertz CT molecular complexity index is 834. The molecule has 0 radical (unpaired) electrons. The number of nitrogens with one attached hydrogen (secondary N) is 1. The quantitative estimate of drug-likeness (QED) is 0.765. The molecular formula is C20H25N5O3. The van der Waals surface area contributed by atoms with Gasteiger partial charge in [0.15, 0.2) is 0 Å². The molecule has 0 aliphatic carbocycles. The van der Waals surface area contributed by atoms with Crippen LogP contribution in [0.15, 0.2) is 36.7 Å². The zero-order valence-corrected chi connectivity index (χ0v) is 16.2. The molecule has 1 aromatic heterocycles. The van der Waals surface area contributed by atoms with Gasteiger partial charge in [0.25, 0.3) is 5.91 Å². The predicted octanol–water partition coefficient (Wildman–Crippen LogP) is 2.17. The van der Waals surface area contributed by atoms with E-state index in [0.717, 1.165) is 19.6 Å². The van der Waals surface area contributed by atoms with Crippen molar-refractivity contribution in [3.63, 3.8) is 0 Å². The number of aromatic nitrogens is 2. The van der Waals surface area contributed by atoms with Crippen LogP contribution in [0.5, 0.6) is 0 Å². The van der Waals surface area contributed by atoms with Gasteiger partial charge in [-0.1, -0.05) is 19.1 Å². The summed E-state index contributed by atoms with van der Waals surface area (Å²) in [6, 6.07) is 8.63. The molecule has 28 heavy (non-hydrogen) atoms. The van der Waals surface area contributed by atoms with Gasteiger partial charge >= 0.3 is 5.97 Å². The first kappa shape index (κ1) is 19.8. The van der Waals surface area contributed by atoms with Crippen LogP contribution >= 0.6 is 0 Å². The maximum atomic E-state index is 12.8. The van der Waals surface area contributed by atoms with E-state index < -0.39 is 5.97 Å². The zero-order valence-electron chi connectivity index (χ0n) is 16.2. The van der Waals surface area contributed by atoms with Crippen molar-refractivity contribution in [3.05, 3.63) is 47.9 Å². The third-order valence-corrected chi connectivity index (χ3v) is 4.68. The Hall–Kier alpha value is -3.00. The first-order chi connectivity index (χ1) is 13.6. The number of piperazine rings is 1. The minimum absolute atomic E-state index is 0.111. The summed E-state index contributed by atoms with van der Waals surface area (Å²) in [5, 5.41) is 3.10. The molecule has 148 valence electrons. The lowest BCUT2D eigenvalue weighted by Gasteiger charge is -2.33. The van der Waals surface area contributed by atoms with Gasteiger partial charge in [0.1, 0.15) is 17.8 Å². The first-order valence-electron chi connectivity index (χ1n) is 9.49. The van der Waals surface area contributed by atoms with Crippen molar-refractivity contribution in [2.75, 3.05) is 44.6 Å². The number of amides is 1. The van der Waals surface area contributed by atoms with E-state index in [0.29, 0.717) is 42.5 Å². The van der Waals surface area contributed by atoms with E-state index in [-0.39, 0.29) is 5.91 Å². The molecule has 0 bridgehead atoms.